The first kappa shape index (κ1) is 17.6. The van der Waals surface area contributed by atoms with Gasteiger partial charge in [0, 0.05) is 25.9 Å². The number of hydrogen-bond acceptors (Lipinski definition) is 5. The molecule has 0 atom stereocenters. The normalized spacial score (nSPS) is 17.3. The molecule has 21 heavy (non-hydrogen) atoms. The molecule has 1 fully saturated rings. The van der Waals surface area contributed by atoms with Crippen molar-refractivity contribution < 1.29 is 23.8 Å². The van der Waals surface area contributed by atoms with Crippen LogP contribution in [0, 0.1) is 0 Å². The molecule has 122 valence electrons. The molecule has 0 bridgehead atoms. The topological polar surface area (TPSA) is 65.1 Å². The van der Waals surface area contributed by atoms with Crippen molar-refractivity contribution in [1.29, 1.82) is 0 Å². The van der Waals surface area contributed by atoms with Crippen LogP contribution in [0.25, 0.3) is 0 Å². The number of nitrogens with zero attached hydrogens (tertiary/aromatic N) is 1. The zero-order valence-corrected chi connectivity index (χ0v) is 13.9. The summed E-state index contributed by atoms with van der Waals surface area (Å²) in [6.45, 7) is 11.9. The fourth-order valence-electron chi connectivity index (χ4n) is 1.89. The number of hydrogen-bond donors (Lipinski definition) is 0. The third kappa shape index (κ3) is 7.20. The highest BCUT2D eigenvalue weighted by molar-refractivity contribution is 5.68. The van der Waals surface area contributed by atoms with Gasteiger partial charge < -0.3 is 19.1 Å². The van der Waals surface area contributed by atoms with Crippen molar-refractivity contribution in [1.82, 2.24) is 4.90 Å². The van der Waals surface area contributed by atoms with Gasteiger partial charge in [0.2, 0.25) is 0 Å². The fourth-order valence-corrected chi connectivity index (χ4v) is 1.89. The number of rotatable bonds is 1. The van der Waals surface area contributed by atoms with Crippen molar-refractivity contribution in [2.75, 3.05) is 13.1 Å². The molecule has 0 radical (unpaired) electrons. The first-order valence-electron chi connectivity index (χ1n) is 7.34. The molecule has 0 aromatic heterocycles. The lowest BCUT2D eigenvalue weighted by atomic mass is 10.1. The summed E-state index contributed by atoms with van der Waals surface area (Å²) >= 11 is 0. The quantitative estimate of drug-likeness (QED) is 0.695. The molecule has 0 N–H and O–H groups in total. The maximum absolute atomic E-state index is 11.9. The highest BCUT2D eigenvalue weighted by Crippen LogP contribution is 2.18. The predicted molar refractivity (Wildman–Crippen MR) is 78.1 cm³/mol. The van der Waals surface area contributed by atoms with E-state index in [0.717, 1.165) is 0 Å². The molecule has 0 spiro atoms. The van der Waals surface area contributed by atoms with E-state index in [1.54, 1.807) is 25.7 Å². The Bertz CT molecular complexity index is 373. The lowest BCUT2D eigenvalue weighted by molar-refractivity contribution is -0.0410. The lowest BCUT2D eigenvalue weighted by Crippen LogP contribution is -2.44. The molecule has 1 rings (SSSR count). The monoisotopic (exact) mass is 301 g/mol. The van der Waals surface area contributed by atoms with E-state index in [-0.39, 0.29) is 12.2 Å². The highest BCUT2D eigenvalue weighted by atomic mass is 16.7. The van der Waals surface area contributed by atoms with Gasteiger partial charge in [-0.15, -0.1) is 0 Å². The third-order valence-corrected chi connectivity index (χ3v) is 2.75. The van der Waals surface area contributed by atoms with Crippen LogP contribution in [0.2, 0.25) is 0 Å². The van der Waals surface area contributed by atoms with Crippen LogP contribution in [-0.4, -0.2) is 47.5 Å². The van der Waals surface area contributed by atoms with Crippen LogP contribution < -0.4 is 0 Å². The minimum atomic E-state index is -0.654. The van der Waals surface area contributed by atoms with Gasteiger partial charge in [-0.2, -0.15) is 0 Å². The van der Waals surface area contributed by atoms with Gasteiger partial charge in [-0.3, -0.25) is 0 Å². The van der Waals surface area contributed by atoms with Crippen LogP contribution in [0.4, 0.5) is 9.59 Å². The van der Waals surface area contributed by atoms with Crippen LogP contribution in [0.3, 0.4) is 0 Å². The molecule has 1 saturated heterocycles. The van der Waals surface area contributed by atoms with E-state index < -0.39 is 17.4 Å². The van der Waals surface area contributed by atoms with E-state index in [9.17, 15) is 9.59 Å². The van der Waals surface area contributed by atoms with Gasteiger partial charge in [0.1, 0.15) is 17.3 Å². The van der Waals surface area contributed by atoms with E-state index in [4.69, 9.17) is 14.2 Å². The van der Waals surface area contributed by atoms with E-state index >= 15 is 0 Å². The highest BCUT2D eigenvalue weighted by Gasteiger charge is 2.29. The number of amides is 1. The zero-order valence-electron chi connectivity index (χ0n) is 13.9. The molecule has 1 aliphatic rings. The Hall–Kier alpha value is -1.46. The van der Waals surface area contributed by atoms with Crippen molar-refractivity contribution in [2.45, 2.75) is 71.7 Å². The van der Waals surface area contributed by atoms with Crippen LogP contribution in [-0.2, 0) is 14.2 Å². The van der Waals surface area contributed by atoms with E-state index in [1.165, 1.54) is 0 Å². The molecule has 0 aromatic carbocycles. The second-order valence-electron chi connectivity index (χ2n) is 7.25. The molecule has 1 heterocycles. The van der Waals surface area contributed by atoms with Crippen LogP contribution in [0.5, 0.6) is 0 Å². The smallest absolute Gasteiger partial charge is 0.444 e. The second kappa shape index (κ2) is 6.54. The number of ether oxygens (including phenoxy) is 3. The molecule has 1 aliphatic heterocycles. The largest absolute Gasteiger partial charge is 0.509 e. The molecular formula is C15H27NO5. The Morgan fingerprint density at radius 1 is 0.905 bits per heavy atom. The van der Waals surface area contributed by atoms with Crippen molar-refractivity contribution >= 4 is 12.2 Å². The first-order valence-corrected chi connectivity index (χ1v) is 7.34. The second-order valence-corrected chi connectivity index (χ2v) is 7.25. The standard InChI is InChI=1S/C15H27NO5/c1-14(2,3)20-12(17)16-9-7-11(8-10-16)19-13(18)21-15(4,5)6/h11H,7-10H2,1-6H3. The van der Waals surface area contributed by atoms with Crippen LogP contribution in [0.1, 0.15) is 54.4 Å². The Morgan fingerprint density at radius 2 is 1.38 bits per heavy atom. The SMILES string of the molecule is CC(C)(C)OC(=O)OC1CCN(C(=O)OC(C)(C)C)CC1. The molecular weight excluding hydrogens is 274 g/mol. The molecule has 0 aliphatic carbocycles. The van der Waals surface area contributed by atoms with Crippen molar-refractivity contribution in [3.05, 3.63) is 0 Å². The fraction of sp³-hybridized carbons (Fsp3) is 0.867. The molecule has 6 nitrogen and oxygen atoms in total. The maximum atomic E-state index is 11.9. The Kier molecular flexibility index (Phi) is 5.48. The van der Waals surface area contributed by atoms with Gasteiger partial charge in [-0.1, -0.05) is 0 Å². The van der Waals surface area contributed by atoms with E-state index in [0.29, 0.717) is 25.9 Å². The van der Waals surface area contributed by atoms with E-state index in [2.05, 4.69) is 0 Å². The lowest BCUT2D eigenvalue weighted by Gasteiger charge is -2.33. The van der Waals surface area contributed by atoms with Crippen LogP contribution in [0.15, 0.2) is 0 Å². The van der Waals surface area contributed by atoms with Crippen molar-refractivity contribution in [3.8, 4) is 0 Å². The molecule has 6 heteroatoms. The summed E-state index contributed by atoms with van der Waals surface area (Å²) in [6.07, 6.45) is 0.00623. The molecule has 0 aromatic rings. The summed E-state index contributed by atoms with van der Waals surface area (Å²) < 4.78 is 15.7. The molecule has 0 saturated carbocycles. The average molecular weight is 301 g/mol. The Labute approximate surface area is 126 Å². The maximum Gasteiger partial charge on any atom is 0.509 e. The summed E-state index contributed by atoms with van der Waals surface area (Å²) in [5.41, 5.74) is -1.06. The average Bonchev–Trinajstić information content (AvgIpc) is 2.24. The van der Waals surface area contributed by atoms with Crippen molar-refractivity contribution in [3.63, 3.8) is 0 Å². The van der Waals surface area contributed by atoms with Gasteiger partial charge in [0.15, 0.2) is 0 Å². The summed E-state index contributed by atoms with van der Waals surface area (Å²) in [7, 11) is 0. The van der Waals surface area contributed by atoms with Gasteiger partial charge in [-0.25, -0.2) is 9.59 Å². The number of carbonyl (C=O) groups is 2. The summed E-state index contributed by atoms with van der Waals surface area (Å²) in [6, 6.07) is 0. The minimum absolute atomic E-state index is 0.210. The van der Waals surface area contributed by atoms with Gasteiger partial charge in [0.05, 0.1) is 0 Å². The Balaban J connectivity index is 2.35. The molecule has 0 unspecified atom stereocenters. The van der Waals surface area contributed by atoms with Gasteiger partial charge >= 0.3 is 12.2 Å². The zero-order chi connectivity index (χ0) is 16.3. The predicted octanol–water partition coefficient (Wildman–Crippen LogP) is 3.34. The van der Waals surface area contributed by atoms with Crippen LogP contribution >= 0.6 is 0 Å². The number of carbonyl (C=O) groups excluding carboxylic acids is 2. The summed E-state index contributed by atoms with van der Waals surface area (Å²) in [4.78, 5) is 25.1. The van der Waals surface area contributed by atoms with Gasteiger partial charge in [0.25, 0.3) is 0 Å². The first-order chi connectivity index (χ1) is 9.46. The number of piperidine rings is 1. The minimum Gasteiger partial charge on any atom is -0.444 e. The summed E-state index contributed by atoms with van der Waals surface area (Å²) in [5, 5.41) is 0. The number of likely N-dealkylation sites (tertiary alicyclic amines) is 1. The van der Waals surface area contributed by atoms with Gasteiger partial charge in [-0.05, 0) is 41.5 Å². The van der Waals surface area contributed by atoms with Crippen molar-refractivity contribution in [2.24, 2.45) is 0 Å². The van der Waals surface area contributed by atoms with E-state index in [1.807, 2.05) is 20.8 Å². The summed E-state index contributed by atoms with van der Waals surface area (Å²) in [5.74, 6) is 0. The Morgan fingerprint density at radius 3 is 1.81 bits per heavy atom. The molecule has 1 amide bonds. The third-order valence-electron chi connectivity index (χ3n) is 2.75.